The molecule has 1 atom stereocenters. The van der Waals surface area contributed by atoms with Gasteiger partial charge < -0.3 is 15.2 Å². The molecule has 29 heavy (non-hydrogen) atoms. The van der Waals surface area contributed by atoms with Crippen LogP contribution in [0.5, 0.6) is 0 Å². The summed E-state index contributed by atoms with van der Waals surface area (Å²) in [5.74, 6) is 0.520. The van der Waals surface area contributed by atoms with Gasteiger partial charge in [-0.05, 0) is 57.9 Å². The molecule has 2 fully saturated rings. The van der Waals surface area contributed by atoms with Crippen LogP contribution in [0.4, 0.5) is 0 Å². The van der Waals surface area contributed by atoms with E-state index in [0.29, 0.717) is 26.4 Å². The Bertz CT molecular complexity index is 591. The van der Waals surface area contributed by atoms with E-state index in [0.717, 1.165) is 24.9 Å². The molecule has 1 unspecified atom stereocenters. The first kappa shape index (κ1) is 30.2. The molecule has 0 aromatic carbocycles. The summed E-state index contributed by atoms with van der Waals surface area (Å²) < 4.78 is 29.4. The van der Waals surface area contributed by atoms with Gasteiger partial charge in [0.2, 0.25) is 6.29 Å². The van der Waals surface area contributed by atoms with E-state index in [-0.39, 0.29) is 18.9 Å². The van der Waals surface area contributed by atoms with E-state index in [1.165, 1.54) is 31.9 Å². The Morgan fingerprint density at radius 3 is 1.83 bits per heavy atom. The number of rotatable bonds is 8. The Morgan fingerprint density at radius 2 is 1.59 bits per heavy atom. The van der Waals surface area contributed by atoms with Gasteiger partial charge in [-0.2, -0.15) is 0 Å². The third-order valence-corrected chi connectivity index (χ3v) is 3.62. The first-order valence-corrected chi connectivity index (χ1v) is 12.4. The van der Waals surface area contributed by atoms with Gasteiger partial charge in [0.05, 0.1) is 13.2 Å². The average molecular weight is 451 g/mol. The number of nitrogens with zero attached hydrogens (tertiary/aromatic N) is 1. The van der Waals surface area contributed by atoms with Crippen molar-refractivity contribution in [3.63, 3.8) is 0 Å². The molecule has 0 saturated heterocycles. The van der Waals surface area contributed by atoms with Crippen LogP contribution in [-0.2, 0) is 35.5 Å². The van der Waals surface area contributed by atoms with E-state index in [4.69, 9.17) is 15.5 Å². The van der Waals surface area contributed by atoms with E-state index in [1.807, 2.05) is 0 Å². The van der Waals surface area contributed by atoms with Gasteiger partial charge in [-0.15, -0.1) is 0 Å². The summed E-state index contributed by atoms with van der Waals surface area (Å²) in [5, 5.41) is 7.38. The second-order valence-corrected chi connectivity index (χ2v) is 9.40. The van der Waals surface area contributed by atoms with E-state index in [2.05, 4.69) is 18.8 Å². The molecule has 0 radical (unpaired) electrons. The van der Waals surface area contributed by atoms with Crippen LogP contribution in [0.1, 0.15) is 39.5 Å². The summed E-state index contributed by atoms with van der Waals surface area (Å²) in [7, 11) is -3.33. The first-order chi connectivity index (χ1) is 13.6. The van der Waals surface area contributed by atoms with Gasteiger partial charge in [0.25, 0.3) is 0 Å². The summed E-state index contributed by atoms with van der Waals surface area (Å²) in [4.78, 5) is 33.9. The number of aliphatic imine (C=N–C) groups is 1. The van der Waals surface area contributed by atoms with Crippen molar-refractivity contribution < 1.29 is 42.2 Å². The van der Waals surface area contributed by atoms with Crippen molar-refractivity contribution in [2.24, 2.45) is 22.6 Å². The third kappa shape index (κ3) is 29.3. The number of carbonyl (C=O) groups excluding carboxylic acids is 3. The molecule has 0 bridgehead atoms. The molecule has 2 saturated carbocycles. The molecule has 4 N–H and O–H groups in total. The van der Waals surface area contributed by atoms with Crippen LogP contribution >= 0.6 is 0 Å². The number of esters is 2. The van der Waals surface area contributed by atoms with Crippen molar-refractivity contribution in [1.29, 1.82) is 0 Å². The minimum atomic E-state index is -3.33. The molecule has 0 aliphatic heterocycles. The van der Waals surface area contributed by atoms with Gasteiger partial charge in [0.1, 0.15) is 6.21 Å². The monoisotopic (exact) mass is 450 g/mol. The van der Waals surface area contributed by atoms with Gasteiger partial charge >= 0.3 is 57.4 Å². The van der Waals surface area contributed by atoms with Crippen LogP contribution in [0, 0.1) is 11.8 Å². The van der Waals surface area contributed by atoms with E-state index in [9.17, 15) is 18.6 Å². The summed E-state index contributed by atoms with van der Waals surface area (Å²) in [5.41, 5.74) is 5.23. The van der Waals surface area contributed by atoms with Crippen molar-refractivity contribution in [2.75, 3.05) is 26.3 Å². The molecule has 13 heteroatoms. The van der Waals surface area contributed by atoms with Gasteiger partial charge in [-0.25, -0.2) is 9.59 Å². The number of hydrogen-bond donors (Lipinski definition) is 3. The molecule has 2 aliphatic rings. The minimum absolute atomic E-state index is 0.142. The number of ether oxygens (including phenoxy) is 2. The molecule has 166 valence electrons. The fourth-order valence-electron chi connectivity index (χ4n) is 1.29. The number of nitrogens with two attached hydrogens (primary N) is 1. The summed E-state index contributed by atoms with van der Waals surface area (Å²) >= 11 is 0.671. The van der Waals surface area contributed by atoms with Crippen LogP contribution in [0.2, 0.25) is 0 Å². The normalized spacial score (nSPS) is 16.5. The molecule has 0 spiro atoms. The summed E-state index contributed by atoms with van der Waals surface area (Å²) in [6.07, 6.45) is 6.72. The fourth-order valence-corrected chi connectivity index (χ4v) is 1.29. The van der Waals surface area contributed by atoms with E-state index in [1.54, 1.807) is 13.8 Å². The van der Waals surface area contributed by atoms with Crippen molar-refractivity contribution in [2.45, 2.75) is 39.5 Å². The van der Waals surface area contributed by atoms with Crippen LogP contribution in [0.25, 0.3) is 0 Å². The quantitative estimate of drug-likeness (QED) is 0.0890. The van der Waals surface area contributed by atoms with Gasteiger partial charge in [-0.3, -0.25) is 9.79 Å². The van der Waals surface area contributed by atoms with Crippen LogP contribution in [0.3, 0.4) is 0 Å². The van der Waals surface area contributed by atoms with Crippen LogP contribution in [0.15, 0.2) is 4.99 Å². The van der Waals surface area contributed by atoms with Crippen molar-refractivity contribution in [1.82, 2.24) is 0 Å². The predicted molar refractivity (Wildman–Crippen MR) is 107 cm³/mol. The summed E-state index contributed by atoms with van der Waals surface area (Å²) in [6.45, 7) is 5.82. The number of carbonyl (C=O) groups is 3. The zero-order valence-electron chi connectivity index (χ0n) is 16.9. The summed E-state index contributed by atoms with van der Waals surface area (Å²) in [6, 6.07) is 0. The van der Waals surface area contributed by atoms with Crippen molar-refractivity contribution >= 4 is 51.6 Å². The Balaban J connectivity index is 0. The van der Waals surface area contributed by atoms with Crippen LogP contribution in [-0.4, -0.2) is 84.6 Å². The van der Waals surface area contributed by atoms with Gasteiger partial charge in [0, 0.05) is 6.54 Å². The number of aldehydes is 1. The predicted octanol–water partition coefficient (Wildman–Crippen LogP) is 0.366. The topological polar surface area (TPSA) is 175 Å². The average Bonchev–Trinajstić information content (AvgIpc) is 3.57. The second kappa shape index (κ2) is 19.0. The standard InChI is InChI=1S/C8H13NO2.C4H9N.C4H6O3.Mg.H2O4S/c1-2-11-8(10)6-9-5-7-3-4-7;5-3-4-1-2-4;1-2-7-4(6)3-5;;1-4-5(2)3/h6-7H,2-5H2,1H3;4H,1-3,5H2;3H,2H2,1H3;;1H,(H,2,3). The zero-order chi connectivity index (χ0) is 22.7. The van der Waals surface area contributed by atoms with E-state index >= 15 is 0 Å². The second-order valence-electron chi connectivity index (χ2n) is 5.90. The molecular weight excluding hydrogens is 421 g/mol. The third-order valence-electron chi connectivity index (χ3n) is 3.07. The first-order valence-electron chi connectivity index (χ1n) is 9.04. The SMILES string of the molecule is CCOC(=O)C=NCC1CC1.CCOC(=O)C=O.NCC1CC1.O=[S](O)(=[Mg])OO. The molecule has 0 aromatic rings. The molecule has 2 rings (SSSR count). The molecule has 0 aromatic heterocycles. The maximum absolute atomic E-state index is 10.7. The molecule has 2 aliphatic carbocycles. The Labute approximate surface area is 182 Å². The van der Waals surface area contributed by atoms with Crippen molar-refractivity contribution in [3.05, 3.63) is 0 Å². The Kier molecular flexibility index (Phi) is 19.8. The molecule has 11 nitrogen and oxygen atoms in total. The van der Waals surface area contributed by atoms with E-state index < -0.39 is 13.3 Å². The van der Waals surface area contributed by atoms with Gasteiger partial charge in [-0.1, -0.05) is 0 Å². The Hall–Kier alpha value is -0.964. The van der Waals surface area contributed by atoms with Gasteiger partial charge in [0.15, 0.2) is 0 Å². The molecular formula is C16H30MgN2O9S. The molecule has 0 heterocycles. The van der Waals surface area contributed by atoms with Crippen LogP contribution < -0.4 is 5.73 Å². The maximum atomic E-state index is 10.7. The Morgan fingerprint density at radius 1 is 1.14 bits per heavy atom. The fraction of sp³-hybridized carbons (Fsp3) is 0.750. The van der Waals surface area contributed by atoms with Crippen molar-refractivity contribution in [3.8, 4) is 0 Å². The molecule has 0 amide bonds. The zero-order valence-corrected chi connectivity index (χ0v) is 19.1. The number of hydrogen-bond acceptors (Lipinski definition) is 10.